The van der Waals surface area contributed by atoms with Crippen molar-refractivity contribution in [3.05, 3.63) is 30.0 Å². The predicted octanol–water partition coefficient (Wildman–Crippen LogP) is 2.10. The fourth-order valence-corrected chi connectivity index (χ4v) is 3.25. The van der Waals surface area contributed by atoms with Crippen molar-refractivity contribution in [1.29, 1.82) is 0 Å². The van der Waals surface area contributed by atoms with Gasteiger partial charge < -0.3 is 31.2 Å². The number of ether oxygens (including phenoxy) is 2. The standard InChI is InChI=1S/C19H24N6O3/c20-17(26)14-11-22-19(25-18(14)23-12-4-8-27-9-5-12)24-13-2-3-16-15(10-13)21-6-1-7-28-16/h2-3,10-12,21H,1,4-9H2,(H2,20,26)(H2,22,23,24,25). The van der Waals surface area contributed by atoms with Crippen LogP contribution in [0, 0.1) is 0 Å². The second-order valence-electron chi connectivity index (χ2n) is 6.82. The molecule has 0 atom stereocenters. The van der Waals surface area contributed by atoms with Crippen LogP contribution in [0.1, 0.15) is 29.6 Å². The van der Waals surface area contributed by atoms with Crippen molar-refractivity contribution in [2.24, 2.45) is 5.73 Å². The van der Waals surface area contributed by atoms with Crippen LogP contribution in [-0.2, 0) is 4.74 Å². The number of nitrogens with two attached hydrogens (primary N) is 1. The van der Waals surface area contributed by atoms with E-state index in [9.17, 15) is 4.79 Å². The number of anilines is 4. The lowest BCUT2D eigenvalue weighted by atomic mass is 10.1. The number of fused-ring (bicyclic) bond motifs is 1. The Morgan fingerprint density at radius 2 is 2.11 bits per heavy atom. The average molecular weight is 384 g/mol. The summed E-state index contributed by atoms with van der Waals surface area (Å²) >= 11 is 0. The van der Waals surface area contributed by atoms with Gasteiger partial charge in [0.1, 0.15) is 11.6 Å². The summed E-state index contributed by atoms with van der Waals surface area (Å²) in [5.41, 5.74) is 7.51. The molecule has 0 saturated carbocycles. The van der Waals surface area contributed by atoms with Crippen molar-refractivity contribution < 1.29 is 14.3 Å². The van der Waals surface area contributed by atoms with E-state index in [1.807, 2.05) is 18.2 Å². The molecule has 0 unspecified atom stereocenters. The van der Waals surface area contributed by atoms with E-state index in [4.69, 9.17) is 15.2 Å². The molecule has 1 aromatic carbocycles. The number of carbonyl (C=O) groups is 1. The first-order chi connectivity index (χ1) is 13.7. The molecule has 4 rings (SSSR count). The average Bonchev–Trinajstić information content (AvgIpc) is 2.94. The lowest BCUT2D eigenvalue weighted by Crippen LogP contribution is -2.29. The van der Waals surface area contributed by atoms with E-state index in [0.29, 0.717) is 31.6 Å². The fraction of sp³-hybridized carbons (Fsp3) is 0.421. The Labute approximate surface area is 163 Å². The minimum atomic E-state index is -0.563. The normalized spacial score (nSPS) is 16.9. The third-order valence-electron chi connectivity index (χ3n) is 4.75. The summed E-state index contributed by atoms with van der Waals surface area (Å²) < 4.78 is 11.1. The smallest absolute Gasteiger partial charge is 0.254 e. The first-order valence-corrected chi connectivity index (χ1v) is 9.48. The van der Waals surface area contributed by atoms with Gasteiger partial charge in [0.2, 0.25) is 5.95 Å². The van der Waals surface area contributed by atoms with E-state index in [2.05, 4.69) is 25.9 Å². The summed E-state index contributed by atoms with van der Waals surface area (Å²) in [6.45, 7) is 2.93. The molecule has 2 aliphatic heterocycles. The largest absolute Gasteiger partial charge is 0.491 e. The highest BCUT2D eigenvalue weighted by atomic mass is 16.5. The molecule has 1 saturated heterocycles. The number of nitrogens with zero attached hydrogens (tertiary/aromatic N) is 2. The van der Waals surface area contributed by atoms with Crippen LogP contribution in [0.15, 0.2) is 24.4 Å². The molecule has 0 aliphatic carbocycles. The van der Waals surface area contributed by atoms with Gasteiger partial charge in [0.05, 0.1) is 17.9 Å². The first-order valence-electron chi connectivity index (χ1n) is 9.48. The number of aromatic nitrogens is 2. The summed E-state index contributed by atoms with van der Waals surface area (Å²) in [4.78, 5) is 20.5. The second-order valence-corrected chi connectivity index (χ2v) is 6.82. The number of hydrogen-bond acceptors (Lipinski definition) is 8. The van der Waals surface area contributed by atoms with Crippen LogP contribution in [0.4, 0.5) is 23.1 Å². The minimum Gasteiger partial charge on any atom is -0.491 e. The molecular weight excluding hydrogens is 360 g/mol. The number of rotatable bonds is 5. The zero-order valence-electron chi connectivity index (χ0n) is 15.5. The van der Waals surface area contributed by atoms with E-state index in [0.717, 1.165) is 42.9 Å². The zero-order chi connectivity index (χ0) is 19.3. The highest BCUT2D eigenvalue weighted by molar-refractivity contribution is 5.97. The van der Waals surface area contributed by atoms with Gasteiger partial charge >= 0.3 is 0 Å². The predicted molar refractivity (Wildman–Crippen MR) is 106 cm³/mol. The lowest BCUT2D eigenvalue weighted by Gasteiger charge is -2.24. The maximum Gasteiger partial charge on any atom is 0.254 e. The van der Waals surface area contributed by atoms with Gasteiger partial charge in [0, 0.05) is 37.7 Å². The number of primary amides is 1. The van der Waals surface area contributed by atoms with Gasteiger partial charge in [-0.1, -0.05) is 0 Å². The van der Waals surface area contributed by atoms with Crippen LogP contribution in [0.25, 0.3) is 0 Å². The summed E-state index contributed by atoms with van der Waals surface area (Å²) in [6.07, 6.45) is 4.10. The van der Waals surface area contributed by atoms with Crippen LogP contribution >= 0.6 is 0 Å². The van der Waals surface area contributed by atoms with E-state index in [1.165, 1.54) is 6.20 Å². The summed E-state index contributed by atoms with van der Waals surface area (Å²) in [6, 6.07) is 5.96. The van der Waals surface area contributed by atoms with Gasteiger partial charge in [-0.05, 0) is 37.5 Å². The molecule has 1 fully saturated rings. The van der Waals surface area contributed by atoms with E-state index in [-0.39, 0.29) is 11.6 Å². The molecular formula is C19H24N6O3. The molecule has 9 nitrogen and oxygen atoms in total. The monoisotopic (exact) mass is 384 g/mol. The van der Waals surface area contributed by atoms with Crippen molar-refractivity contribution in [2.75, 3.05) is 42.3 Å². The summed E-state index contributed by atoms with van der Waals surface area (Å²) in [7, 11) is 0. The van der Waals surface area contributed by atoms with Gasteiger partial charge in [-0.3, -0.25) is 4.79 Å². The van der Waals surface area contributed by atoms with E-state index in [1.54, 1.807) is 0 Å². The number of carbonyl (C=O) groups excluding carboxylic acids is 1. The van der Waals surface area contributed by atoms with Crippen LogP contribution in [-0.4, -0.2) is 48.3 Å². The van der Waals surface area contributed by atoms with Crippen LogP contribution in [0.5, 0.6) is 5.75 Å². The molecule has 3 heterocycles. The van der Waals surface area contributed by atoms with Crippen LogP contribution < -0.4 is 26.4 Å². The van der Waals surface area contributed by atoms with E-state index < -0.39 is 5.91 Å². The summed E-state index contributed by atoms with van der Waals surface area (Å²) in [5, 5.41) is 9.84. The molecule has 1 amide bonds. The SMILES string of the molecule is NC(=O)c1cnc(Nc2ccc3c(c2)NCCCO3)nc1NC1CCOCC1. The fourth-order valence-electron chi connectivity index (χ4n) is 3.25. The Balaban J connectivity index is 1.55. The highest BCUT2D eigenvalue weighted by Gasteiger charge is 2.19. The molecule has 0 radical (unpaired) electrons. The highest BCUT2D eigenvalue weighted by Crippen LogP contribution is 2.31. The maximum absolute atomic E-state index is 11.8. The molecule has 2 aliphatic rings. The van der Waals surface area contributed by atoms with E-state index >= 15 is 0 Å². The Bertz CT molecular complexity index is 854. The molecule has 148 valence electrons. The number of hydrogen-bond donors (Lipinski definition) is 4. The third-order valence-corrected chi connectivity index (χ3v) is 4.75. The molecule has 0 spiro atoms. The Morgan fingerprint density at radius 1 is 1.25 bits per heavy atom. The Kier molecular flexibility index (Phi) is 5.43. The van der Waals surface area contributed by atoms with Gasteiger partial charge in [-0.2, -0.15) is 4.98 Å². The minimum absolute atomic E-state index is 0.184. The Hall–Kier alpha value is -3.07. The summed E-state index contributed by atoms with van der Waals surface area (Å²) in [5.74, 6) is 1.09. The van der Waals surface area contributed by atoms with Crippen LogP contribution in [0.2, 0.25) is 0 Å². The van der Waals surface area contributed by atoms with Crippen molar-refractivity contribution in [2.45, 2.75) is 25.3 Å². The van der Waals surface area contributed by atoms with Gasteiger partial charge in [-0.15, -0.1) is 0 Å². The van der Waals surface area contributed by atoms with Crippen molar-refractivity contribution in [1.82, 2.24) is 9.97 Å². The third kappa shape index (κ3) is 4.25. The van der Waals surface area contributed by atoms with Crippen molar-refractivity contribution >= 4 is 29.0 Å². The molecule has 5 N–H and O–H groups in total. The van der Waals surface area contributed by atoms with Crippen molar-refractivity contribution in [3.63, 3.8) is 0 Å². The lowest BCUT2D eigenvalue weighted by molar-refractivity contribution is 0.0903. The molecule has 9 heteroatoms. The molecule has 2 aromatic rings. The Morgan fingerprint density at radius 3 is 2.93 bits per heavy atom. The van der Waals surface area contributed by atoms with Gasteiger partial charge in [0.25, 0.3) is 5.91 Å². The molecule has 1 aromatic heterocycles. The number of benzene rings is 1. The quantitative estimate of drug-likeness (QED) is 0.618. The molecule has 0 bridgehead atoms. The maximum atomic E-state index is 11.8. The molecule has 28 heavy (non-hydrogen) atoms. The number of amides is 1. The van der Waals surface area contributed by atoms with Gasteiger partial charge in [0.15, 0.2) is 0 Å². The van der Waals surface area contributed by atoms with Crippen LogP contribution in [0.3, 0.4) is 0 Å². The van der Waals surface area contributed by atoms with Crippen molar-refractivity contribution in [3.8, 4) is 5.75 Å². The second kappa shape index (κ2) is 8.30. The topological polar surface area (TPSA) is 123 Å². The number of nitrogens with one attached hydrogen (secondary N) is 3. The first kappa shape index (κ1) is 18.3. The van der Waals surface area contributed by atoms with Gasteiger partial charge in [-0.25, -0.2) is 4.98 Å². The zero-order valence-corrected chi connectivity index (χ0v) is 15.5.